The smallest absolute Gasteiger partial charge is 0.337 e. The van der Waals surface area contributed by atoms with Gasteiger partial charge in [-0.3, -0.25) is 0 Å². The molecule has 90 valence electrons. The summed E-state index contributed by atoms with van der Waals surface area (Å²) in [5.41, 5.74) is 0.267. The predicted molar refractivity (Wildman–Crippen MR) is 61.8 cm³/mol. The lowest BCUT2D eigenvalue weighted by atomic mass is 10.4. The molecule has 0 aromatic carbocycles. The number of rotatable bonds is 7. The van der Waals surface area contributed by atoms with E-state index in [0.717, 1.165) is 4.60 Å². The van der Waals surface area contributed by atoms with Gasteiger partial charge in [0.15, 0.2) is 0 Å². The van der Waals surface area contributed by atoms with Gasteiger partial charge in [0.1, 0.15) is 0 Å². The van der Waals surface area contributed by atoms with Gasteiger partial charge in [-0.15, -0.1) is 0 Å². The van der Waals surface area contributed by atoms with Gasteiger partial charge in [-0.25, -0.2) is 4.79 Å². The van der Waals surface area contributed by atoms with Crippen LogP contribution in [-0.2, 0) is 16.0 Å². The van der Waals surface area contributed by atoms with Gasteiger partial charge >= 0.3 is 5.97 Å². The Labute approximate surface area is 102 Å². The Hall–Kier alpha value is -0.850. The summed E-state index contributed by atoms with van der Waals surface area (Å²) >= 11 is 3.29. The van der Waals surface area contributed by atoms with Crippen LogP contribution in [0.1, 0.15) is 10.4 Å². The van der Waals surface area contributed by atoms with E-state index in [9.17, 15) is 4.79 Å². The first-order valence-corrected chi connectivity index (χ1v) is 5.60. The number of halogens is 1. The molecule has 5 nitrogen and oxygen atoms in total. The van der Waals surface area contributed by atoms with Crippen LogP contribution in [0.3, 0.4) is 0 Å². The second-order valence-electron chi connectivity index (χ2n) is 3.16. The summed E-state index contributed by atoms with van der Waals surface area (Å²) in [6, 6.07) is 1.57. The molecule has 0 bridgehead atoms. The normalized spacial score (nSPS) is 10.6. The molecule has 1 heterocycles. The summed E-state index contributed by atoms with van der Waals surface area (Å²) in [7, 11) is 1.62. The fraction of sp³-hybridized carbons (Fsp3) is 0.500. The topological polar surface area (TPSA) is 60.7 Å². The number of nitrogens with zero attached hydrogens (tertiary/aromatic N) is 1. The molecule has 0 radical (unpaired) electrons. The van der Waals surface area contributed by atoms with Gasteiger partial charge in [-0.05, 0) is 22.0 Å². The highest BCUT2D eigenvalue weighted by molar-refractivity contribution is 9.10. The van der Waals surface area contributed by atoms with E-state index in [4.69, 9.17) is 14.6 Å². The second-order valence-corrected chi connectivity index (χ2v) is 3.97. The maximum atomic E-state index is 10.7. The van der Waals surface area contributed by atoms with Crippen molar-refractivity contribution in [1.82, 2.24) is 4.57 Å². The number of methoxy groups -OCH3 is 1. The molecule has 1 aromatic rings. The number of aromatic nitrogens is 1. The van der Waals surface area contributed by atoms with E-state index in [1.807, 2.05) is 0 Å². The molecule has 0 atom stereocenters. The Morgan fingerprint density at radius 2 is 2.25 bits per heavy atom. The summed E-state index contributed by atoms with van der Waals surface area (Å²) in [5.74, 6) is -0.931. The van der Waals surface area contributed by atoms with Gasteiger partial charge in [-0.1, -0.05) is 0 Å². The number of carbonyl (C=O) groups is 1. The lowest BCUT2D eigenvalue weighted by Gasteiger charge is -2.05. The zero-order valence-corrected chi connectivity index (χ0v) is 10.6. The molecule has 0 saturated carbocycles. The Morgan fingerprint density at radius 1 is 1.50 bits per heavy atom. The monoisotopic (exact) mass is 291 g/mol. The molecule has 0 saturated heterocycles. The zero-order valence-electron chi connectivity index (χ0n) is 8.98. The molecule has 1 rings (SSSR count). The molecular formula is C10H14BrNO4. The van der Waals surface area contributed by atoms with Gasteiger partial charge < -0.3 is 19.1 Å². The van der Waals surface area contributed by atoms with E-state index in [1.165, 1.54) is 0 Å². The summed E-state index contributed by atoms with van der Waals surface area (Å²) in [5, 5.41) is 8.78. The Bertz CT molecular complexity index is 351. The number of aromatic carboxylic acids is 1. The third-order valence-electron chi connectivity index (χ3n) is 2.00. The Balaban J connectivity index is 2.39. The molecule has 16 heavy (non-hydrogen) atoms. The minimum atomic E-state index is -0.931. The third-order valence-corrected chi connectivity index (χ3v) is 2.68. The van der Waals surface area contributed by atoms with Crippen molar-refractivity contribution in [2.45, 2.75) is 6.54 Å². The highest BCUT2D eigenvalue weighted by Gasteiger charge is 2.08. The van der Waals surface area contributed by atoms with Gasteiger partial charge in [0.2, 0.25) is 0 Å². The number of hydrogen-bond donors (Lipinski definition) is 1. The van der Waals surface area contributed by atoms with Crippen LogP contribution in [0.25, 0.3) is 0 Å². The van der Waals surface area contributed by atoms with Crippen LogP contribution in [0.15, 0.2) is 16.9 Å². The zero-order chi connectivity index (χ0) is 12.0. The average Bonchev–Trinajstić information content (AvgIpc) is 2.60. The van der Waals surface area contributed by atoms with Crippen molar-refractivity contribution in [1.29, 1.82) is 0 Å². The molecular weight excluding hydrogens is 278 g/mol. The molecule has 0 aliphatic rings. The van der Waals surface area contributed by atoms with E-state index >= 15 is 0 Å². The van der Waals surface area contributed by atoms with Crippen molar-refractivity contribution in [2.75, 3.05) is 26.9 Å². The van der Waals surface area contributed by atoms with Crippen LogP contribution >= 0.6 is 15.9 Å². The molecule has 1 aromatic heterocycles. The highest BCUT2D eigenvalue weighted by atomic mass is 79.9. The van der Waals surface area contributed by atoms with E-state index in [0.29, 0.717) is 26.4 Å². The van der Waals surface area contributed by atoms with Gasteiger partial charge in [0.25, 0.3) is 0 Å². The number of carboxylic acid groups (broad SMARTS) is 1. The Morgan fingerprint density at radius 3 is 2.81 bits per heavy atom. The molecule has 0 aliphatic carbocycles. The summed E-state index contributed by atoms with van der Waals surface area (Å²) in [6.45, 7) is 2.24. The van der Waals surface area contributed by atoms with Gasteiger partial charge in [0, 0.05) is 19.9 Å². The lowest BCUT2D eigenvalue weighted by Crippen LogP contribution is -2.08. The van der Waals surface area contributed by atoms with E-state index in [1.54, 1.807) is 23.9 Å². The Kier molecular flexibility index (Phi) is 5.51. The van der Waals surface area contributed by atoms with Gasteiger partial charge in [0.05, 0.1) is 30.0 Å². The fourth-order valence-corrected chi connectivity index (χ4v) is 1.70. The maximum Gasteiger partial charge on any atom is 0.337 e. The minimum Gasteiger partial charge on any atom is -0.478 e. The summed E-state index contributed by atoms with van der Waals surface area (Å²) < 4.78 is 12.6. The van der Waals surface area contributed by atoms with E-state index in [2.05, 4.69) is 15.9 Å². The molecule has 0 spiro atoms. The van der Waals surface area contributed by atoms with E-state index < -0.39 is 5.97 Å². The van der Waals surface area contributed by atoms with Crippen LogP contribution < -0.4 is 0 Å². The van der Waals surface area contributed by atoms with Crippen LogP contribution in [0.2, 0.25) is 0 Å². The van der Waals surface area contributed by atoms with Crippen LogP contribution in [0.5, 0.6) is 0 Å². The van der Waals surface area contributed by atoms with Crippen LogP contribution in [-0.4, -0.2) is 42.6 Å². The first kappa shape index (κ1) is 13.2. The van der Waals surface area contributed by atoms with E-state index in [-0.39, 0.29) is 5.56 Å². The van der Waals surface area contributed by atoms with Crippen LogP contribution in [0.4, 0.5) is 0 Å². The van der Waals surface area contributed by atoms with Crippen molar-refractivity contribution in [2.24, 2.45) is 0 Å². The van der Waals surface area contributed by atoms with Crippen molar-refractivity contribution in [3.63, 3.8) is 0 Å². The first-order valence-electron chi connectivity index (χ1n) is 4.81. The second kappa shape index (κ2) is 6.67. The first-order chi connectivity index (χ1) is 7.65. The summed E-state index contributed by atoms with van der Waals surface area (Å²) in [6.07, 6.45) is 1.58. The van der Waals surface area contributed by atoms with Crippen molar-refractivity contribution >= 4 is 21.9 Å². The van der Waals surface area contributed by atoms with Gasteiger partial charge in [-0.2, -0.15) is 0 Å². The molecule has 0 fully saturated rings. The lowest BCUT2D eigenvalue weighted by molar-refractivity contribution is 0.0661. The standard InChI is InChI=1S/C10H14BrNO4/c1-15-4-5-16-3-2-12-7-8(10(13)14)6-9(12)11/h6-7H,2-5H2,1H3,(H,13,14). The molecule has 1 N–H and O–H groups in total. The molecule has 6 heteroatoms. The quantitative estimate of drug-likeness (QED) is 0.776. The number of ether oxygens (including phenoxy) is 2. The third kappa shape index (κ3) is 3.96. The average molecular weight is 292 g/mol. The van der Waals surface area contributed by atoms with Crippen molar-refractivity contribution in [3.05, 3.63) is 22.4 Å². The molecule has 0 unspecified atom stereocenters. The largest absolute Gasteiger partial charge is 0.478 e. The van der Waals surface area contributed by atoms with Crippen molar-refractivity contribution in [3.8, 4) is 0 Å². The van der Waals surface area contributed by atoms with Crippen molar-refractivity contribution < 1.29 is 19.4 Å². The fourth-order valence-electron chi connectivity index (χ4n) is 1.17. The highest BCUT2D eigenvalue weighted by Crippen LogP contribution is 2.15. The SMILES string of the molecule is COCCOCCn1cc(C(=O)O)cc1Br. The molecule has 0 aliphatic heterocycles. The van der Waals surface area contributed by atoms with Crippen LogP contribution in [0, 0.1) is 0 Å². The predicted octanol–water partition coefficient (Wildman–Crippen LogP) is 1.61. The number of carboxylic acids is 1. The maximum absolute atomic E-state index is 10.7. The minimum absolute atomic E-state index is 0.267. The number of hydrogen-bond acceptors (Lipinski definition) is 3. The summed E-state index contributed by atoms with van der Waals surface area (Å²) in [4.78, 5) is 10.7. The molecule has 0 amide bonds.